The van der Waals surface area contributed by atoms with Crippen molar-refractivity contribution in [2.24, 2.45) is 0 Å². The van der Waals surface area contributed by atoms with Crippen molar-refractivity contribution in [2.45, 2.75) is 43.9 Å². The van der Waals surface area contributed by atoms with Crippen molar-refractivity contribution < 1.29 is 17.9 Å². The SMILES string of the molecule is CC1CN(S(=O)(=O)c2cccc(C(=O)NC(C)c3ccccc3Cl)c2)CC(C)O1. The molecule has 1 fully saturated rings. The number of ether oxygens (including phenoxy) is 1. The number of carbonyl (C=O) groups is 1. The van der Waals surface area contributed by atoms with Crippen molar-refractivity contribution in [3.05, 3.63) is 64.7 Å². The molecule has 0 radical (unpaired) electrons. The molecule has 3 atom stereocenters. The third-order valence-corrected chi connectivity index (χ3v) is 7.01. The van der Waals surface area contributed by atoms with Gasteiger partial charge in [0, 0.05) is 23.7 Å². The lowest BCUT2D eigenvalue weighted by molar-refractivity contribution is -0.0440. The van der Waals surface area contributed by atoms with E-state index in [-0.39, 0.29) is 47.7 Å². The number of hydrogen-bond acceptors (Lipinski definition) is 4. The molecule has 8 heteroatoms. The summed E-state index contributed by atoms with van der Waals surface area (Å²) in [7, 11) is -3.72. The zero-order valence-corrected chi connectivity index (χ0v) is 18.2. The zero-order valence-electron chi connectivity index (χ0n) is 16.6. The first-order chi connectivity index (χ1) is 13.7. The first-order valence-corrected chi connectivity index (χ1v) is 11.3. The molecule has 2 aromatic rings. The van der Waals surface area contributed by atoms with Crippen LogP contribution in [0.2, 0.25) is 5.02 Å². The Hall–Kier alpha value is -1.93. The third-order valence-electron chi connectivity index (χ3n) is 4.84. The second-order valence-corrected chi connectivity index (χ2v) is 9.67. The van der Waals surface area contributed by atoms with Crippen molar-refractivity contribution >= 4 is 27.5 Å². The van der Waals surface area contributed by atoms with E-state index < -0.39 is 10.0 Å². The monoisotopic (exact) mass is 436 g/mol. The molecule has 0 spiro atoms. The van der Waals surface area contributed by atoms with Crippen LogP contribution in [-0.4, -0.2) is 43.9 Å². The lowest BCUT2D eigenvalue weighted by Crippen LogP contribution is -2.48. The first kappa shape index (κ1) is 21.8. The Bertz CT molecular complexity index is 986. The molecule has 2 aromatic carbocycles. The molecular formula is C21H25ClN2O4S. The predicted octanol–water partition coefficient (Wildman–Crippen LogP) is 3.63. The number of sulfonamides is 1. The van der Waals surface area contributed by atoms with Crippen LogP contribution in [-0.2, 0) is 14.8 Å². The van der Waals surface area contributed by atoms with Crippen LogP contribution < -0.4 is 5.32 Å². The normalized spacial score (nSPS) is 21.5. The maximum Gasteiger partial charge on any atom is 0.251 e. The highest BCUT2D eigenvalue weighted by Gasteiger charge is 2.32. The molecule has 1 aliphatic heterocycles. The highest BCUT2D eigenvalue weighted by atomic mass is 35.5. The Labute approximate surface area is 176 Å². The molecule has 0 aromatic heterocycles. The minimum Gasteiger partial charge on any atom is -0.373 e. The van der Waals surface area contributed by atoms with Crippen LogP contribution in [0.4, 0.5) is 0 Å². The lowest BCUT2D eigenvalue weighted by atomic mass is 10.1. The Morgan fingerprint density at radius 2 is 1.79 bits per heavy atom. The Kier molecular flexibility index (Phi) is 6.63. The quantitative estimate of drug-likeness (QED) is 0.776. The number of nitrogens with zero attached hydrogens (tertiary/aromatic N) is 1. The number of amides is 1. The average Bonchev–Trinajstić information content (AvgIpc) is 2.67. The van der Waals surface area contributed by atoms with Gasteiger partial charge in [-0.25, -0.2) is 8.42 Å². The molecule has 1 saturated heterocycles. The number of carbonyl (C=O) groups excluding carboxylic acids is 1. The Morgan fingerprint density at radius 3 is 2.45 bits per heavy atom. The van der Waals surface area contributed by atoms with Crippen molar-refractivity contribution in [3.8, 4) is 0 Å². The van der Waals surface area contributed by atoms with Gasteiger partial charge in [0.05, 0.1) is 23.1 Å². The molecule has 1 heterocycles. The highest BCUT2D eigenvalue weighted by molar-refractivity contribution is 7.89. The minimum absolute atomic E-state index is 0.0943. The summed E-state index contributed by atoms with van der Waals surface area (Å²) in [6.07, 6.45) is -0.368. The lowest BCUT2D eigenvalue weighted by Gasteiger charge is -2.34. The van der Waals surface area contributed by atoms with Gasteiger partial charge in [-0.2, -0.15) is 4.31 Å². The van der Waals surface area contributed by atoms with Crippen molar-refractivity contribution in [2.75, 3.05) is 13.1 Å². The van der Waals surface area contributed by atoms with Crippen LogP contribution in [0.5, 0.6) is 0 Å². The van der Waals surface area contributed by atoms with E-state index in [1.807, 2.05) is 39.0 Å². The van der Waals surface area contributed by atoms with Gasteiger partial charge < -0.3 is 10.1 Å². The van der Waals surface area contributed by atoms with Gasteiger partial charge in [0.1, 0.15) is 0 Å². The smallest absolute Gasteiger partial charge is 0.251 e. The van der Waals surface area contributed by atoms with E-state index >= 15 is 0 Å². The molecule has 3 rings (SSSR count). The molecule has 6 nitrogen and oxygen atoms in total. The van der Waals surface area contributed by atoms with Gasteiger partial charge in [0.15, 0.2) is 0 Å². The summed E-state index contributed by atoms with van der Waals surface area (Å²) >= 11 is 6.20. The topological polar surface area (TPSA) is 75.7 Å². The average molecular weight is 437 g/mol. The van der Waals surface area contributed by atoms with Crippen molar-refractivity contribution in [3.63, 3.8) is 0 Å². The van der Waals surface area contributed by atoms with Gasteiger partial charge >= 0.3 is 0 Å². The summed E-state index contributed by atoms with van der Waals surface area (Å²) in [6, 6.07) is 13.0. The maximum absolute atomic E-state index is 13.1. The van der Waals surface area contributed by atoms with E-state index in [2.05, 4.69) is 5.32 Å². The number of morpholine rings is 1. The third kappa shape index (κ3) is 4.98. The Balaban J connectivity index is 1.80. The number of nitrogens with one attached hydrogen (secondary N) is 1. The van der Waals surface area contributed by atoms with Crippen molar-refractivity contribution in [1.82, 2.24) is 9.62 Å². The molecule has 0 saturated carbocycles. The van der Waals surface area contributed by atoms with Gasteiger partial charge in [0.25, 0.3) is 5.91 Å². The fourth-order valence-corrected chi connectivity index (χ4v) is 5.39. The largest absolute Gasteiger partial charge is 0.373 e. The molecule has 1 aliphatic rings. The second-order valence-electron chi connectivity index (χ2n) is 7.32. The molecule has 156 valence electrons. The molecular weight excluding hydrogens is 412 g/mol. The zero-order chi connectivity index (χ0) is 21.2. The van der Waals surface area contributed by atoms with Crippen LogP contribution in [0.25, 0.3) is 0 Å². The van der Waals surface area contributed by atoms with E-state index in [4.69, 9.17) is 16.3 Å². The summed E-state index contributed by atoms with van der Waals surface area (Å²) < 4.78 is 33.2. The van der Waals surface area contributed by atoms with E-state index in [0.717, 1.165) is 5.56 Å². The van der Waals surface area contributed by atoms with Gasteiger partial charge in [-0.3, -0.25) is 4.79 Å². The van der Waals surface area contributed by atoms with Crippen molar-refractivity contribution in [1.29, 1.82) is 0 Å². The first-order valence-electron chi connectivity index (χ1n) is 9.49. The second kappa shape index (κ2) is 8.83. The number of rotatable bonds is 5. The van der Waals surface area contributed by atoms with E-state index in [9.17, 15) is 13.2 Å². The summed E-state index contributed by atoms with van der Waals surface area (Å²) in [6.45, 7) is 6.09. The van der Waals surface area contributed by atoms with Crippen LogP contribution in [0.15, 0.2) is 53.4 Å². The van der Waals surface area contributed by atoms with E-state index in [1.165, 1.54) is 16.4 Å². The molecule has 0 aliphatic carbocycles. The predicted molar refractivity (Wildman–Crippen MR) is 113 cm³/mol. The molecule has 3 unspecified atom stereocenters. The van der Waals surface area contributed by atoms with Gasteiger partial charge in [0.2, 0.25) is 10.0 Å². The fourth-order valence-electron chi connectivity index (χ4n) is 3.46. The van der Waals surface area contributed by atoms with Gasteiger partial charge in [-0.15, -0.1) is 0 Å². The number of halogens is 1. The van der Waals surface area contributed by atoms with Gasteiger partial charge in [-0.1, -0.05) is 35.9 Å². The molecule has 1 amide bonds. The maximum atomic E-state index is 13.1. The summed E-state index contributed by atoms with van der Waals surface area (Å²) in [4.78, 5) is 12.8. The Morgan fingerprint density at radius 1 is 1.14 bits per heavy atom. The van der Waals surface area contributed by atoms with E-state index in [0.29, 0.717) is 5.02 Å². The van der Waals surface area contributed by atoms with Crippen LogP contribution >= 0.6 is 11.6 Å². The summed E-state index contributed by atoms with van der Waals surface area (Å²) in [5, 5.41) is 3.44. The molecule has 0 bridgehead atoms. The minimum atomic E-state index is -3.72. The molecule has 1 N–H and O–H groups in total. The fraction of sp³-hybridized carbons (Fsp3) is 0.381. The molecule has 29 heavy (non-hydrogen) atoms. The summed E-state index contributed by atoms with van der Waals surface area (Å²) in [5.41, 5.74) is 1.07. The number of hydrogen-bond donors (Lipinski definition) is 1. The standard InChI is InChI=1S/C21H25ClN2O4S/c1-14-12-24(13-15(2)28-14)29(26,27)18-8-6-7-17(11-18)21(25)23-16(3)19-9-4-5-10-20(19)22/h4-11,14-16H,12-13H2,1-3H3,(H,23,25). The van der Waals surface area contributed by atoms with E-state index in [1.54, 1.807) is 18.2 Å². The highest BCUT2D eigenvalue weighted by Crippen LogP contribution is 2.24. The van der Waals surface area contributed by atoms with Crippen LogP contribution in [0, 0.1) is 0 Å². The van der Waals surface area contributed by atoms with Gasteiger partial charge in [-0.05, 0) is 50.6 Å². The summed E-state index contributed by atoms with van der Waals surface area (Å²) in [5.74, 6) is -0.363. The number of benzene rings is 2. The van der Waals surface area contributed by atoms with Crippen LogP contribution in [0.1, 0.15) is 42.7 Å². The van der Waals surface area contributed by atoms with Crippen LogP contribution in [0.3, 0.4) is 0 Å².